The highest BCUT2D eigenvalue weighted by Gasteiger charge is 2.18. The van der Waals surface area contributed by atoms with Gasteiger partial charge in [-0.05, 0) is 19.5 Å². The topological polar surface area (TPSA) is 30.3 Å². The third-order valence-electron chi connectivity index (χ3n) is 3.22. The normalized spacial score (nSPS) is 17.5. The number of benzene rings is 1. The number of hydrogen-bond donors (Lipinski definition) is 1. The van der Waals surface area contributed by atoms with Crippen molar-refractivity contribution in [3.8, 4) is 0 Å². The van der Waals surface area contributed by atoms with E-state index >= 15 is 0 Å². The first kappa shape index (κ1) is 11.1. The Bertz CT molecular complexity index is 379. The molecule has 0 radical (unpaired) electrons. The van der Waals surface area contributed by atoms with Crippen LogP contribution in [0.4, 0.5) is 0 Å². The number of likely N-dealkylation sites (N-methyl/N-ethyl adjacent to an activating group) is 1. The molecule has 1 N–H and O–H groups in total. The molecule has 3 nitrogen and oxygen atoms in total. The maximum absolute atomic E-state index is 8.24. The molecule has 1 aliphatic heterocycles. The summed E-state index contributed by atoms with van der Waals surface area (Å²) in [4.78, 5) is 4.48. The lowest BCUT2D eigenvalue weighted by molar-refractivity contribution is 0.215. The first-order valence-corrected chi connectivity index (χ1v) is 5.76. The number of hydrogen-bond acceptors (Lipinski definition) is 2. The summed E-state index contributed by atoms with van der Waals surface area (Å²) in [5.74, 6) is 0.672. The Kier molecular flexibility index (Phi) is 3.25. The van der Waals surface area contributed by atoms with E-state index in [4.69, 9.17) is 5.41 Å². The number of amidine groups is 1. The minimum atomic E-state index is 0.672. The molecule has 1 heterocycles. The third kappa shape index (κ3) is 2.25. The molecule has 2 rings (SSSR count). The van der Waals surface area contributed by atoms with E-state index in [0.29, 0.717) is 5.84 Å². The Hall–Kier alpha value is -1.35. The molecule has 1 saturated heterocycles. The van der Waals surface area contributed by atoms with Crippen LogP contribution in [0.25, 0.3) is 0 Å². The molecular formula is C13H19N3. The monoisotopic (exact) mass is 217 g/mol. The summed E-state index contributed by atoms with van der Waals surface area (Å²) < 4.78 is 0. The molecule has 1 aliphatic rings. The van der Waals surface area contributed by atoms with Gasteiger partial charge in [0, 0.05) is 31.7 Å². The largest absolute Gasteiger partial charge is 0.354 e. The molecule has 0 unspecified atom stereocenters. The average molecular weight is 217 g/mol. The van der Waals surface area contributed by atoms with Crippen molar-refractivity contribution in [2.45, 2.75) is 6.92 Å². The van der Waals surface area contributed by atoms with Crippen molar-refractivity contribution in [1.29, 1.82) is 5.41 Å². The Labute approximate surface area is 97.2 Å². The fourth-order valence-electron chi connectivity index (χ4n) is 2.04. The highest BCUT2D eigenvalue weighted by molar-refractivity contribution is 5.97. The zero-order valence-corrected chi connectivity index (χ0v) is 10.0. The zero-order valence-electron chi connectivity index (χ0n) is 10.0. The number of nitrogens with zero attached hydrogens (tertiary/aromatic N) is 2. The molecule has 0 amide bonds. The van der Waals surface area contributed by atoms with E-state index in [1.807, 2.05) is 18.2 Å². The Morgan fingerprint density at radius 2 is 1.75 bits per heavy atom. The van der Waals surface area contributed by atoms with E-state index in [1.54, 1.807) is 0 Å². The minimum absolute atomic E-state index is 0.672. The molecule has 3 heteroatoms. The predicted molar refractivity (Wildman–Crippen MR) is 67.1 cm³/mol. The summed E-state index contributed by atoms with van der Waals surface area (Å²) in [6.45, 7) is 6.09. The van der Waals surface area contributed by atoms with Crippen molar-refractivity contribution >= 4 is 5.84 Å². The van der Waals surface area contributed by atoms with Crippen LogP contribution in [0.1, 0.15) is 11.1 Å². The standard InChI is InChI=1S/C13H19N3/c1-11-5-3-4-6-12(11)13(14)16-9-7-15(2)8-10-16/h3-6,14H,7-10H2,1-2H3. The SMILES string of the molecule is Cc1ccccc1C(=N)N1CCN(C)CC1. The van der Waals surface area contributed by atoms with Crippen molar-refractivity contribution in [3.05, 3.63) is 35.4 Å². The molecule has 1 aromatic carbocycles. The second-order valence-corrected chi connectivity index (χ2v) is 4.45. The molecule has 16 heavy (non-hydrogen) atoms. The van der Waals surface area contributed by atoms with Crippen LogP contribution >= 0.6 is 0 Å². The van der Waals surface area contributed by atoms with Crippen molar-refractivity contribution in [2.24, 2.45) is 0 Å². The highest BCUT2D eigenvalue weighted by Crippen LogP contribution is 2.12. The van der Waals surface area contributed by atoms with Gasteiger partial charge in [0.25, 0.3) is 0 Å². The lowest BCUT2D eigenvalue weighted by atomic mass is 10.1. The first-order chi connectivity index (χ1) is 7.68. The Morgan fingerprint density at radius 3 is 2.38 bits per heavy atom. The summed E-state index contributed by atoms with van der Waals surface area (Å²) in [6, 6.07) is 8.14. The van der Waals surface area contributed by atoms with E-state index in [-0.39, 0.29) is 0 Å². The maximum Gasteiger partial charge on any atom is 0.128 e. The van der Waals surface area contributed by atoms with Crippen LogP contribution in [-0.4, -0.2) is 48.9 Å². The van der Waals surface area contributed by atoms with Crippen molar-refractivity contribution in [3.63, 3.8) is 0 Å². The van der Waals surface area contributed by atoms with Crippen LogP contribution in [0.3, 0.4) is 0 Å². The minimum Gasteiger partial charge on any atom is -0.354 e. The van der Waals surface area contributed by atoms with Crippen LogP contribution in [-0.2, 0) is 0 Å². The number of piperazine rings is 1. The van der Waals surface area contributed by atoms with Crippen LogP contribution in [0.15, 0.2) is 24.3 Å². The molecule has 0 saturated carbocycles. The van der Waals surface area contributed by atoms with Crippen LogP contribution in [0, 0.1) is 12.3 Å². The van der Waals surface area contributed by atoms with Crippen molar-refractivity contribution in [2.75, 3.05) is 33.2 Å². The average Bonchev–Trinajstić information content (AvgIpc) is 2.30. The quantitative estimate of drug-likeness (QED) is 0.571. The van der Waals surface area contributed by atoms with E-state index in [2.05, 4.69) is 29.8 Å². The summed E-state index contributed by atoms with van der Waals surface area (Å²) >= 11 is 0. The smallest absolute Gasteiger partial charge is 0.128 e. The van der Waals surface area contributed by atoms with Gasteiger partial charge >= 0.3 is 0 Å². The number of aryl methyl sites for hydroxylation is 1. The molecule has 86 valence electrons. The van der Waals surface area contributed by atoms with Gasteiger partial charge in [0.2, 0.25) is 0 Å². The number of nitrogens with one attached hydrogen (secondary N) is 1. The van der Waals surface area contributed by atoms with Gasteiger partial charge in [-0.25, -0.2) is 0 Å². The molecule has 0 aliphatic carbocycles. The van der Waals surface area contributed by atoms with Crippen LogP contribution in [0.5, 0.6) is 0 Å². The second kappa shape index (κ2) is 4.66. The maximum atomic E-state index is 8.24. The Morgan fingerprint density at radius 1 is 1.12 bits per heavy atom. The zero-order chi connectivity index (χ0) is 11.5. The van der Waals surface area contributed by atoms with Gasteiger partial charge in [0.1, 0.15) is 5.84 Å². The van der Waals surface area contributed by atoms with Crippen LogP contribution in [0.2, 0.25) is 0 Å². The fraction of sp³-hybridized carbons (Fsp3) is 0.462. The second-order valence-electron chi connectivity index (χ2n) is 4.45. The highest BCUT2D eigenvalue weighted by atomic mass is 15.3. The fourth-order valence-corrected chi connectivity index (χ4v) is 2.04. The molecule has 0 aromatic heterocycles. The third-order valence-corrected chi connectivity index (χ3v) is 3.22. The van der Waals surface area contributed by atoms with Crippen LogP contribution < -0.4 is 0 Å². The van der Waals surface area contributed by atoms with Gasteiger partial charge in [-0.15, -0.1) is 0 Å². The van der Waals surface area contributed by atoms with E-state index in [0.717, 1.165) is 31.7 Å². The van der Waals surface area contributed by atoms with Gasteiger partial charge in [-0.2, -0.15) is 0 Å². The van der Waals surface area contributed by atoms with Gasteiger partial charge in [-0.1, -0.05) is 24.3 Å². The lowest BCUT2D eigenvalue weighted by Crippen LogP contribution is -2.47. The lowest BCUT2D eigenvalue weighted by Gasteiger charge is -2.34. The van der Waals surface area contributed by atoms with Gasteiger partial charge in [0.15, 0.2) is 0 Å². The first-order valence-electron chi connectivity index (χ1n) is 5.76. The molecular weight excluding hydrogens is 198 g/mol. The predicted octanol–water partition coefficient (Wildman–Crippen LogP) is 1.57. The molecule has 0 spiro atoms. The summed E-state index contributed by atoms with van der Waals surface area (Å²) in [5, 5.41) is 8.24. The molecule has 1 fully saturated rings. The molecule has 0 bridgehead atoms. The van der Waals surface area contributed by atoms with E-state index in [9.17, 15) is 0 Å². The van der Waals surface area contributed by atoms with E-state index < -0.39 is 0 Å². The summed E-state index contributed by atoms with van der Waals surface area (Å²) in [6.07, 6.45) is 0. The van der Waals surface area contributed by atoms with Gasteiger partial charge in [-0.3, -0.25) is 5.41 Å². The summed E-state index contributed by atoms with van der Waals surface area (Å²) in [5.41, 5.74) is 2.25. The van der Waals surface area contributed by atoms with Gasteiger partial charge in [0.05, 0.1) is 0 Å². The van der Waals surface area contributed by atoms with Crippen molar-refractivity contribution < 1.29 is 0 Å². The molecule has 1 aromatic rings. The van der Waals surface area contributed by atoms with Gasteiger partial charge < -0.3 is 9.80 Å². The Balaban J connectivity index is 2.11. The van der Waals surface area contributed by atoms with Crippen molar-refractivity contribution in [1.82, 2.24) is 9.80 Å². The molecule has 0 atom stereocenters. The summed E-state index contributed by atoms with van der Waals surface area (Å²) in [7, 11) is 2.13. The van der Waals surface area contributed by atoms with E-state index in [1.165, 1.54) is 5.56 Å². The number of rotatable bonds is 1.